The van der Waals surface area contributed by atoms with E-state index in [-0.39, 0.29) is 12.2 Å². The Morgan fingerprint density at radius 1 is 1.38 bits per heavy atom. The van der Waals surface area contributed by atoms with Crippen LogP contribution in [0.3, 0.4) is 0 Å². The number of hydrogen-bond donors (Lipinski definition) is 1. The van der Waals surface area contributed by atoms with Crippen molar-refractivity contribution >= 4 is 29.0 Å². The number of alkyl halides is 2. The summed E-state index contributed by atoms with van der Waals surface area (Å²) in [5.41, 5.74) is 0.454. The Morgan fingerprint density at radius 2 is 1.94 bits per heavy atom. The van der Waals surface area contributed by atoms with Crippen LogP contribution in [-0.4, -0.2) is 21.3 Å². The molecule has 1 aromatic carbocycles. The molecule has 0 aromatic heterocycles. The Bertz CT molecular complexity index is 349. The Kier molecular flexibility index (Phi) is 4.78. The summed E-state index contributed by atoms with van der Waals surface area (Å²) in [7, 11) is 0. The first-order chi connectivity index (χ1) is 7.47. The molecule has 0 spiro atoms. The smallest absolute Gasteiger partial charge is 0.198 e. The first kappa shape index (κ1) is 13.5. The van der Waals surface area contributed by atoms with Gasteiger partial charge in [-0.3, -0.25) is 4.79 Å². The highest BCUT2D eigenvalue weighted by Gasteiger charge is 2.36. The minimum atomic E-state index is -1.56. The molecule has 0 heterocycles. The molecule has 0 aliphatic rings. The lowest BCUT2D eigenvalue weighted by molar-refractivity contribution is 0.0920. The van der Waals surface area contributed by atoms with Gasteiger partial charge in [0.15, 0.2) is 10.1 Å². The Labute approximate surface area is 105 Å². The third-order valence-electron chi connectivity index (χ3n) is 2.33. The number of Topliss-reactive ketones (excluding diaryl/α,β-unsaturated/α-hetero) is 1. The average Bonchev–Trinajstić information content (AvgIpc) is 2.28. The molecule has 4 heteroatoms. The summed E-state index contributed by atoms with van der Waals surface area (Å²) in [4.78, 5) is 11.9. The summed E-state index contributed by atoms with van der Waals surface area (Å²) in [5, 5.41) is 9.47. The van der Waals surface area contributed by atoms with E-state index in [4.69, 9.17) is 23.2 Å². The quantitative estimate of drug-likeness (QED) is 0.652. The van der Waals surface area contributed by atoms with Gasteiger partial charge in [-0.05, 0) is 6.42 Å². The van der Waals surface area contributed by atoms with E-state index >= 15 is 0 Å². The Hall–Kier alpha value is -0.570. The van der Waals surface area contributed by atoms with Crippen LogP contribution in [0.15, 0.2) is 30.3 Å². The van der Waals surface area contributed by atoms with E-state index in [0.29, 0.717) is 12.0 Å². The van der Waals surface area contributed by atoms with Crippen molar-refractivity contribution in [2.45, 2.75) is 30.2 Å². The lowest BCUT2D eigenvalue weighted by atomic mass is 10.0. The van der Waals surface area contributed by atoms with Crippen LogP contribution in [0.2, 0.25) is 0 Å². The molecule has 0 aliphatic heterocycles. The molecule has 1 aromatic rings. The molecule has 16 heavy (non-hydrogen) atoms. The Balaban J connectivity index is 2.80. The normalized spacial score (nSPS) is 13.5. The number of rotatable bonds is 5. The molecule has 88 valence electrons. The number of carbonyl (C=O) groups excluding carboxylic acids is 1. The summed E-state index contributed by atoms with van der Waals surface area (Å²) >= 11 is 11.9. The fraction of sp³-hybridized carbons (Fsp3) is 0.417. The zero-order chi connectivity index (χ0) is 12.2. The van der Waals surface area contributed by atoms with Gasteiger partial charge in [0.05, 0.1) is 6.10 Å². The highest BCUT2D eigenvalue weighted by Crippen LogP contribution is 2.31. The van der Waals surface area contributed by atoms with Crippen LogP contribution in [0.5, 0.6) is 0 Å². The van der Waals surface area contributed by atoms with Gasteiger partial charge in [-0.1, -0.05) is 60.5 Å². The van der Waals surface area contributed by atoms with Crippen LogP contribution in [0.1, 0.15) is 30.1 Å². The number of carbonyl (C=O) groups is 1. The van der Waals surface area contributed by atoms with Crippen molar-refractivity contribution in [1.29, 1.82) is 0 Å². The molecule has 1 rings (SSSR count). The maximum Gasteiger partial charge on any atom is 0.198 e. The van der Waals surface area contributed by atoms with Crippen molar-refractivity contribution in [3.63, 3.8) is 0 Å². The number of hydrogen-bond acceptors (Lipinski definition) is 2. The van der Waals surface area contributed by atoms with E-state index in [2.05, 4.69) is 0 Å². The van der Waals surface area contributed by atoms with Crippen LogP contribution in [0.25, 0.3) is 0 Å². The maximum atomic E-state index is 11.9. The number of aliphatic hydroxyl groups is 1. The largest absolute Gasteiger partial charge is 0.393 e. The molecule has 0 fully saturated rings. The SMILES string of the molecule is CCC(O)CC(Cl)(Cl)C(=O)c1ccccc1. The molecule has 1 N–H and O–H groups in total. The van der Waals surface area contributed by atoms with Gasteiger partial charge in [0.25, 0.3) is 0 Å². The summed E-state index contributed by atoms with van der Waals surface area (Å²) in [6.45, 7) is 1.81. The van der Waals surface area contributed by atoms with Crippen molar-refractivity contribution in [3.05, 3.63) is 35.9 Å². The van der Waals surface area contributed by atoms with Crippen LogP contribution in [-0.2, 0) is 0 Å². The standard InChI is InChI=1S/C12H14Cl2O2/c1-2-10(15)8-12(13,14)11(16)9-6-4-3-5-7-9/h3-7,10,15H,2,8H2,1H3. The van der Waals surface area contributed by atoms with Gasteiger partial charge in [-0.25, -0.2) is 0 Å². The monoisotopic (exact) mass is 260 g/mol. The maximum absolute atomic E-state index is 11.9. The highest BCUT2D eigenvalue weighted by atomic mass is 35.5. The van der Waals surface area contributed by atoms with Gasteiger partial charge in [-0.15, -0.1) is 0 Å². The zero-order valence-electron chi connectivity index (χ0n) is 8.99. The molecule has 0 bridgehead atoms. The van der Waals surface area contributed by atoms with E-state index in [9.17, 15) is 9.90 Å². The zero-order valence-corrected chi connectivity index (χ0v) is 10.5. The van der Waals surface area contributed by atoms with Gasteiger partial charge in [0.1, 0.15) is 0 Å². The van der Waals surface area contributed by atoms with Crippen LogP contribution < -0.4 is 0 Å². The van der Waals surface area contributed by atoms with Gasteiger partial charge < -0.3 is 5.11 Å². The van der Waals surface area contributed by atoms with Gasteiger partial charge in [-0.2, -0.15) is 0 Å². The fourth-order valence-electron chi connectivity index (χ4n) is 1.33. The van der Waals surface area contributed by atoms with Crippen LogP contribution >= 0.6 is 23.2 Å². The minimum absolute atomic E-state index is 0.0420. The minimum Gasteiger partial charge on any atom is -0.393 e. The second-order valence-corrected chi connectivity index (χ2v) is 5.15. The summed E-state index contributed by atoms with van der Waals surface area (Å²) in [6.07, 6.45) is -0.105. The third kappa shape index (κ3) is 3.48. The fourth-order valence-corrected chi connectivity index (χ4v) is 1.91. The predicted molar refractivity (Wildman–Crippen MR) is 66.1 cm³/mol. The summed E-state index contributed by atoms with van der Waals surface area (Å²) in [6, 6.07) is 8.60. The summed E-state index contributed by atoms with van der Waals surface area (Å²) < 4.78 is -1.56. The molecule has 0 saturated carbocycles. The third-order valence-corrected chi connectivity index (χ3v) is 2.98. The lowest BCUT2D eigenvalue weighted by Crippen LogP contribution is -2.30. The summed E-state index contributed by atoms with van der Waals surface area (Å²) in [5.74, 6) is -0.371. The molecule has 0 aliphatic carbocycles. The van der Waals surface area contributed by atoms with E-state index in [0.717, 1.165) is 0 Å². The van der Waals surface area contributed by atoms with E-state index in [1.165, 1.54) is 0 Å². The van der Waals surface area contributed by atoms with Crippen LogP contribution in [0.4, 0.5) is 0 Å². The number of halogens is 2. The van der Waals surface area contributed by atoms with Crippen molar-refractivity contribution in [3.8, 4) is 0 Å². The number of benzene rings is 1. The number of ketones is 1. The van der Waals surface area contributed by atoms with Crippen molar-refractivity contribution < 1.29 is 9.90 Å². The van der Waals surface area contributed by atoms with E-state index in [1.807, 2.05) is 13.0 Å². The average molecular weight is 261 g/mol. The van der Waals surface area contributed by atoms with Gasteiger partial charge >= 0.3 is 0 Å². The molecule has 0 amide bonds. The van der Waals surface area contributed by atoms with Gasteiger partial charge in [0, 0.05) is 12.0 Å². The first-order valence-corrected chi connectivity index (χ1v) is 5.88. The second-order valence-electron chi connectivity index (χ2n) is 3.67. The number of aliphatic hydroxyl groups excluding tert-OH is 1. The van der Waals surface area contributed by atoms with Crippen molar-refractivity contribution in [1.82, 2.24) is 0 Å². The topological polar surface area (TPSA) is 37.3 Å². The van der Waals surface area contributed by atoms with Crippen LogP contribution in [0, 0.1) is 0 Å². The molecule has 1 unspecified atom stereocenters. The Morgan fingerprint density at radius 3 is 2.44 bits per heavy atom. The lowest BCUT2D eigenvalue weighted by Gasteiger charge is -2.20. The highest BCUT2D eigenvalue weighted by molar-refractivity contribution is 6.59. The molecule has 2 nitrogen and oxygen atoms in total. The predicted octanol–water partition coefficient (Wildman–Crippen LogP) is 3.20. The van der Waals surface area contributed by atoms with Crippen molar-refractivity contribution in [2.75, 3.05) is 0 Å². The molecular formula is C12H14Cl2O2. The van der Waals surface area contributed by atoms with Crippen molar-refractivity contribution in [2.24, 2.45) is 0 Å². The molecule has 0 radical (unpaired) electrons. The van der Waals surface area contributed by atoms with E-state index < -0.39 is 10.4 Å². The molecule has 1 atom stereocenters. The van der Waals surface area contributed by atoms with Gasteiger partial charge in [0.2, 0.25) is 0 Å². The first-order valence-electron chi connectivity index (χ1n) is 5.13. The van der Waals surface area contributed by atoms with E-state index in [1.54, 1.807) is 24.3 Å². The second kappa shape index (κ2) is 5.67. The molecule has 0 saturated heterocycles. The molecular weight excluding hydrogens is 247 g/mol.